The van der Waals surface area contributed by atoms with Gasteiger partial charge in [-0.15, -0.1) is 6.89 Å². The molecule has 142 valence electrons. The van der Waals surface area contributed by atoms with Crippen LogP contribution in [0.3, 0.4) is 0 Å². The van der Waals surface area contributed by atoms with Crippen molar-refractivity contribution in [1.82, 2.24) is 0 Å². The van der Waals surface area contributed by atoms with Crippen molar-refractivity contribution in [3.63, 3.8) is 0 Å². The maximum absolute atomic E-state index is 12.9. The van der Waals surface area contributed by atoms with Crippen LogP contribution in [0.15, 0.2) is 23.3 Å². The Bertz CT molecular complexity index is 924. The zero-order chi connectivity index (χ0) is 19.9. The lowest BCUT2D eigenvalue weighted by Crippen LogP contribution is -2.32. The van der Waals surface area contributed by atoms with Gasteiger partial charge in [-0.2, -0.15) is 5.26 Å². The molecule has 1 aliphatic heterocycles. The fourth-order valence-electron chi connectivity index (χ4n) is 3.72. The van der Waals surface area contributed by atoms with Crippen LogP contribution in [0.2, 0.25) is 5.02 Å². The van der Waals surface area contributed by atoms with Crippen LogP contribution in [0.4, 0.5) is 5.69 Å². The maximum Gasteiger partial charge on any atom is 0.261 e. The van der Waals surface area contributed by atoms with Crippen molar-refractivity contribution in [1.29, 1.82) is 5.26 Å². The van der Waals surface area contributed by atoms with Crippen LogP contribution in [0.1, 0.15) is 36.8 Å². The third-order valence-corrected chi connectivity index (χ3v) is 7.74. The molecule has 0 N–H and O–H groups in total. The van der Waals surface area contributed by atoms with Crippen LogP contribution >= 0.6 is 18.5 Å². The molecule has 4 nitrogen and oxygen atoms in total. The summed E-state index contributed by atoms with van der Waals surface area (Å²) in [6.07, 6.45) is 7.89. The fourth-order valence-corrected chi connectivity index (χ4v) is 5.02. The van der Waals surface area contributed by atoms with Gasteiger partial charge in [0, 0.05) is 16.2 Å². The summed E-state index contributed by atoms with van der Waals surface area (Å²) in [6.45, 7) is 4.26. The van der Waals surface area contributed by atoms with Crippen LogP contribution in [-0.4, -0.2) is 37.1 Å². The number of nitrogens with zero attached hydrogens (tertiary/aromatic N) is 2. The predicted octanol–water partition coefficient (Wildman–Crippen LogP) is 4.54. The number of benzene rings is 1. The number of anilines is 1. The van der Waals surface area contributed by atoms with Gasteiger partial charge >= 0.3 is 0 Å². The molecule has 1 aromatic rings. The zero-order valence-electron chi connectivity index (χ0n) is 16.0. The first-order valence-corrected chi connectivity index (χ1v) is 12.4. The van der Waals surface area contributed by atoms with Gasteiger partial charge in [0.1, 0.15) is 0 Å². The third kappa shape index (κ3) is 3.64. The molecular formula is C21H24ClN2O2P. The zero-order valence-corrected chi connectivity index (χ0v) is 17.7. The first-order chi connectivity index (χ1) is 12.6. The summed E-state index contributed by atoms with van der Waals surface area (Å²) in [5, 5.41) is 10.1. The Labute approximate surface area is 165 Å². The molecule has 0 bridgehead atoms. The van der Waals surface area contributed by atoms with Crippen molar-refractivity contribution in [3.8, 4) is 6.07 Å². The molecule has 2 aliphatic rings. The van der Waals surface area contributed by atoms with E-state index in [2.05, 4.69) is 12.4 Å². The molecule has 0 saturated heterocycles. The molecule has 0 saturated carbocycles. The first-order valence-electron chi connectivity index (χ1n) is 9.12. The molecule has 6 heteroatoms. The number of nitriles is 1. The summed E-state index contributed by atoms with van der Waals surface area (Å²) >= 11 is 6.44. The van der Waals surface area contributed by atoms with Crippen molar-refractivity contribution < 1.29 is 9.59 Å². The molecule has 2 amide bonds. The average molecular weight is 403 g/mol. The molecule has 0 fully saturated rings. The van der Waals surface area contributed by atoms with Gasteiger partial charge in [0.2, 0.25) is 0 Å². The standard InChI is InChI=1S/C21H24ClN2O2P/c1-13-9-18(22)14(10-15(12-23)27(2,3)4)11-19(13)24-20(25)16-7-5-6-8-17(16)21(24)26/h9,11,15H,2,5-8,10H2,1,3-4H3. The number of aryl methyl sites for hydroxylation is 1. The molecular weight excluding hydrogens is 379 g/mol. The largest absolute Gasteiger partial charge is 0.269 e. The van der Waals surface area contributed by atoms with E-state index in [1.54, 1.807) is 6.07 Å². The normalized spacial score (nSPS) is 18.6. The van der Waals surface area contributed by atoms with Crippen molar-refractivity contribution in [2.45, 2.75) is 44.7 Å². The smallest absolute Gasteiger partial charge is 0.261 e. The minimum Gasteiger partial charge on any atom is -0.269 e. The number of imide groups is 1. The first kappa shape index (κ1) is 19.9. The number of rotatable bonds is 4. The molecule has 1 aliphatic carbocycles. The quantitative estimate of drug-likeness (QED) is 0.548. The van der Waals surface area contributed by atoms with Gasteiger partial charge < -0.3 is 0 Å². The Hall–Kier alpha value is -1.82. The van der Waals surface area contributed by atoms with Gasteiger partial charge in [-0.05, 0) is 75.6 Å². The number of carbonyl (C=O) groups is 2. The Morgan fingerprint density at radius 2 is 1.78 bits per heavy atom. The van der Waals surface area contributed by atoms with Crippen LogP contribution in [0.25, 0.3) is 0 Å². The molecule has 1 unspecified atom stereocenters. The van der Waals surface area contributed by atoms with E-state index in [0.717, 1.165) is 24.0 Å². The third-order valence-electron chi connectivity index (χ3n) is 5.40. The predicted molar refractivity (Wildman–Crippen MR) is 113 cm³/mol. The Morgan fingerprint density at radius 1 is 1.22 bits per heavy atom. The summed E-state index contributed by atoms with van der Waals surface area (Å²) in [5.74, 6) is -0.402. The molecule has 0 spiro atoms. The second-order valence-corrected chi connectivity index (χ2v) is 12.6. The molecule has 3 rings (SSSR count). The van der Waals surface area contributed by atoms with Crippen LogP contribution in [0, 0.1) is 18.3 Å². The Kier molecular flexibility index (Phi) is 5.39. The van der Waals surface area contributed by atoms with E-state index in [9.17, 15) is 14.9 Å². The van der Waals surface area contributed by atoms with E-state index in [0.29, 0.717) is 41.1 Å². The maximum atomic E-state index is 12.9. The van der Waals surface area contributed by atoms with Gasteiger partial charge in [-0.1, -0.05) is 17.9 Å². The monoisotopic (exact) mass is 402 g/mol. The lowest BCUT2D eigenvalue weighted by molar-refractivity contribution is -0.120. The second-order valence-electron chi connectivity index (χ2n) is 7.97. The van der Waals surface area contributed by atoms with Gasteiger partial charge in [0.05, 0.1) is 17.4 Å². The average Bonchev–Trinajstić information content (AvgIpc) is 2.85. The van der Waals surface area contributed by atoms with Gasteiger partial charge in [-0.25, -0.2) is 4.90 Å². The van der Waals surface area contributed by atoms with E-state index in [-0.39, 0.29) is 17.5 Å². The van der Waals surface area contributed by atoms with Crippen molar-refractivity contribution in [3.05, 3.63) is 39.4 Å². The number of amides is 2. The van der Waals surface area contributed by atoms with E-state index in [4.69, 9.17) is 11.6 Å². The van der Waals surface area contributed by atoms with Crippen molar-refractivity contribution in [2.75, 3.05) is 18.2 Å². The van der Waals surface area contributed by atoms with E-state index < -0.39 is 6.89 Å². The number of hydrogen-bond donors (Lipinski definition) is 0. The summed E-state index contributed by atoms with van der Waals surface area (Å²) in [7, 11) is 0. The van der Waals surface area contributed by atoms with Gasteiger partial charge in [0.15, 0.2) is 0 Å². The molecule has 1 heterocycles. The minimum atomic E-state index is -1.63. The lowest BCUT2D eigenvalue weighted by Gasteiger charge is -2.23. The van der Waals surface area contributed by atoms with E-state index in [1.165, 1.54) is 4.90 Å². The molecule has 0 aromatic heterocycles. The topological polar surface area (TPSA) is 61.2 Å². The highest BCUT2D eigenvalue weighted by molar-refractivity contribution is 7.73. The minimum absolute atomic E-state index is 0.201. The van der Waals surface area contributed by atoms with Crippen LogP contribution < -0.4 is 4.90 Å². The summed E-state index contributed by atoms with van der Waals surface area (Å²) in [4.78, 5) is 27.1. The van der Waals surface area contributed by atoms with Gasteiger partial charge in [-0.3, -0.25) is 9.59 Å². The number of hydrogen-bond acceptors (Lipinski definition) is 3. The molecule has 27 heavy (non-hydrogen) atoms. The van der Waals surface area contributed by atoms with Gasteiger partial charge in [0.25, 0.3) is 11.8 Å². The fraction of sp³-hybridized carbons (Fsp3) is 0.429. The molecule has 1 atom stereocenters. The van der Waals surface area contributed by atoms with Crippen LogP contribution in [0.5, 0.6) is 0 Å². The molecule has 1 aromatic carbocycles. The highest BCUT2D eigenvalue weighted by Crippen LogP contribution is 2.44. The number of carbonyl (C=O) groups excluding carboxylic acids is 2. The van der Waals surface area contributed by atoms with Crippen LogP contribution in [-0.2, 0) is 16.0 Å². The number of halogens is 1. The van der Waals surface area contributed by atoms with Crippen molar-refractivity contribution >= 4 is 42.3 Å². The summed E-state index contributed by atoms with van der Waals surface area (Å²) in [5.41, 5.74) is 3.26. The second kappa shape index (κ2) is 7.30. The summed E-state index contributed by atoms with van der Waals surface area (Å²) < 4.78 is 0. The summed E-state index contributed by atoms with van der Waals surface area (Å²) in [6, 6.07) is 5.95. The SMILES string of the molecule is C=P(C)(C)C(C#N)Cc1cc(N2C(=O)C3=C(CCCC3)C2=O)c(C)cc1Cl. The molecule has 0 radical (unpaired) electrons. The van der Waals surface area contributed by atoms with E-state index >= 15 is 0 Å². The Morgan fingerprint density at radius 3 is 2.26 bits per heavy atom. The highest BCUT2D eigenvalue weighted by Gasteiger charge is 2.40. The van der Waals surface area contributed by atoms with Crippen molar-refractivity contribution in [2.24, 2.45) is 0 Å². The Balaban J connectivity index is 2.01. The van der Waals surface area contributed by atoms with E-state index in [1.807, 2.05) is 26.3 Å². The highest BCUT2D eigenvalue weighted by atomic mass is 35.5. The lowest BCUT2D eigenvalue weighted by atomic mass is 9.93.